The first-order valence-corrected chi connectivity index (χ1v) is 6.32. The van der Waals surface area contributed by atoms with Gasteiger partial charge in [0.25, 0.3) is 0 Å². The number of aliphatic hydroxyl groups excluding tert-OH is 2. The molecule has 0 fully saturated rings. The topological polar surface area (TPSA) is 57.5 Å². The molecule has 0 aromatic carbocycles. The van der Waals surface area contributed by atoms with E-state index in [1.54, 1.807) is 0 Å². The van der Waals surface area contributed by atoms with E-state index in [-0.39, 0.29) is 29.8 Å². The molecule has 0 amide bonds. The Morgan fingerprint density at radius 1 is 0.938 bits per heavy atom. The zero-order chi connectivity index (χ0) is 12.7. The predicted molar refractivity (Wildman–Crippen MR) is 65.2 cm³/mol. The average molecular weight is 230 g/mol. The largest absolute Gasteiger partial charge is 0.393 e. The van der Waals surface area contributed by atoms with E-state index >= 15 is 0 Å². The van der Waals surface area contributed by atoms with Crippen LogP contribution in [0.5, 0.6) is 0 Å². The van der Waals surface area contributed by atoms with Crippen molar-refractivity contribution in [3.05, 3.63) is 0 Å². The molecule has 0 saturated carbocycles. The van der Waals surface area contributed by atoms with Crippen LogP contribution in [0, 0.1) is 11.8 Å². The SMILES string of the molecule is CCC(O)CC(C)C(=O)C(C)CC(O)CC. The van der Waals surface area contributed by atoms with Crippen LogP contribution in [0.15, 0.2) is 0 Å². The summed E-state index contributed by atoms with van der Waals surface area (Å²) in [5.74, 6) is -0.0805. The van der Waals surface area contributed by atoms with Crippen LogP contribution in [-0.2, 0) is 4.79 Å². The van der Waals surface area contributed by atoms with Crippen LogP contribution in [0.2, 0.25) is 0 Å². The number of hydrogen-bond acceptors (Lipinski definition) is 3. The Kier molecular flexibility index (Phi) is 7.60. The number of hydrogen-bond donors (Lipinski definition) is 2. The average Bonchev–Trinajstić information content (AvgIpc) is 2.27. The van der Waals surface area contributed by atoms with Crippen LogP contribution in [0.25, 0.3) is 0 Å². The molecule has 96 valence electrons. The van der Waals surface area contributed by atoms with Gasteiger partial charge in [-0.3, -0.25) is 4.79 Å². The van der Waals surface area contributed by atoms with Crippen LogP contribution in [-0.4, -0.2) is 28.2 Å². The van der Waals surface area contributed by atoms with Gasteiger partial charge in [0.15, 0.2) is 0 Å². The molecule has 4 atom stereocenters. The van der Waals surface area contributed by atoms with E-state index in [1.807, 2.05) is 27.7 Å². The minimum absolute atomic E-state index is 0.117. The molecule has 3 heteroatoms. The maximum absolute atomic E-state index is 11.9. The Hall–Kier alpha value is -0.410. The molecular formula is C13H26O3. The molecule has 0 aromatic heterocycles. The van der Waals surface area contributed by atoms with Gasteiger partial charge in [0.05, 0.1) is 12.2 Å². The molecule has 4 unspecified atom stereocenters. The van der Waals surface area contributed by atoms with Gasteiger partial charge in [-0.05, 0) is 25.7 Å². The lowest BCUT2D eigenvalue weighted by molar-refractivity contribution is -0.127. The molecule has 0 aliphatic carbocycles. The summed E-state index contributed by atoms with van der Waals surface area (Å²) >= 11 is 0. The second-order valence-corrected chi connectivity index (χ2v) is 4.80. The monoisotopic (exact) mass is 230 g/mol. The Labute approximate surface area is 98.9 Å². The van der Waals surface area contributed by atoms with Crippen molar-refractivity contribution in [2.24, 2.45) is 11.8 Å². The molecule has 3 nitrogen and oxygen atoms in total. The molecule has 16 heavy (non-hydrogen) atoms. The van der Waals surface area contributed by atoms with Crippen molar-refractivity contribution in [1.82, 2.24) is 0 Å². The van der Waals surface area contributed by atoms with Gasteiger partial charge in [0.1, 0.15) is 5.78 Å². The summed E-state index contributed by atoms with van der Waals surface area (Å²) in [5, 5.41) is 19.0. The Morgan fingerprint density at radius 3 is 1.50 bits per heavy atom. The maximum atomic E-state index is 11.9. The normalized spacial score (nSPS) is 18.9. The third kappa shape index (κ3) is 5.61. The van der Waals surface area contributed by atoms with Gasteiger partial charge >= 0.3 is 0 Å². The molecule has 0 bridgehead atoms. The lowest BCUT2D eigenvalue weighted by Crippen LogP contribution is -2.26. The molecule has 2 N–H and O–H groups in total. The highest BCUT2D eigenvalue weighted by Gasteiger charge is 2.23. The van der Waals surface area contributed by atoms with E-state index in [0.29, 0.717) is 25.7 Å². The highest BCUT2D eigenvalue weighted by molar-refractivity contribution is 5.82. The number of aliphatic hydroxyl groups is 2. The summed E-state index contributed by atoms with van der Waals surface area (Å²) in [6.07, 6.45) is 1.65. The maximum Gasteiger partial charge on any atom is 0.138 e. The molecule has 0 rings (SSSR count). The summed E-state index contributed by atoms with van der Waals surface area (Å²) < 4.78 is 0. The first kappa shape index (κ1) is 15.6. The number of rotatable bonds is 8. The molecule has 0 aliphatic heterocycles. The van der Waals surface area contributed by atoms with E-state index in [1.165, 1.54) is 0 Å². The van der Waals surface area contributed by atoms with Gasteiger partial charge in [-0.15, -0.1) is 0 Å². The highest BCUT2D eigenvalue weighted by Crippen LogP contribution is 2.18. The van der Waals surface area contributed by atoms with Gasteiger partial charge in [0, 0.05) is 11.8 Å². The third-order valence-corrected chi connectivity index (χ3v) is 3.17. The molecule has 0 saturated heterocycles. The molecule has 0 radical (unpaired) electrons. The van der Waals surface area contributed by atoms with Gasteiger partial charge in [0.2, 0.25) is 0 Å². The lowest BCUT2D eigenvalue weighted by Gasteiger charge is -2.20. The zero-order valence-electron chi connectivity index (χ0n) is 10.9. The molecule has 0 heterocycles. The fraction of sp³-hybridized carbons (Fsp3) is 0.923. The van der Waals surface area contributed by atoms with Gasteiger partial charge in [-0.1, -0.05) is 27.7 Å². The Balaban J connectivity index is 4.11. The fourth-order valence-corrected chi connectivity index (χ4v) is 1.87. The van der Waals surface area contributed by atoms with Crippen LogP contribution in [0.4, 0.5) is 0 Å². The van der Waals surface area contributed by atoms with E-state index in [4.69, 9.17) is 0 Å². The quantitative estimate of drug-likeness (QED) is 0.671. The smallest absolute Gasteiger partial charge is 0.138 e. The van der Waals surface area contributed by atoms with Crippen molar-refractivity contribution in [1.29, 1.82) is 0 Å². The standard InChI is InChI=1S/C13H26O3/c1-5-11(14)7-9(3)13(16)10(4)8-12(15)6-2/h9-12,14-15H,5-8H2,1-4H3. The molecule has 0 aromatic rings. The summed E-state index contributed by atoms with van der Waals surface area (Å²) in [6, 6.07) is 0. The fourth-order valence-electron chi connectivity index (χ4n) is 1.87. The van der Waals surface area contributed by atoms with Crippen molar-refractivity contribution in [3.63, 3.8) is 0 Å². The number of Topliss-reactive ketones (excluding diaryl/α,β-unsaturated/α-hetero) is 1. The van der Waals surface area contributed by atoms with E-state index in [9.17, 15) is 15.0 Å². The summed E-state index contributed by atoms with van der Waals surface area (Å²) in [5.41, 5.74) is 0. The molecule has 0 spiro atoms. The number of carbonyl (C=O) groups excluding carboxylic acids is 1. The molecule has 0 aliphatic rings. The van der Waals surface area contributed by atoms with Gasteiger partial charge in [-0.25, -0.2) is 0 Å². The van der Waals surface area contributed by atoms with Crippen LogP contribution in [0.3, 0.4) is 0 Å². The van der Waals surface area contributed by atoms with E-state index < -0.39 is 0 Å². The Bertz CT molecular complexity index is 183. The number of ketones is 1. The minimum atomic E-state index is -0.387. The number of carbonyl (C=O) groups is 1. The first-order chi connectivity index (χ1) is 7.42. The lowest BCUT2D eigenvalue weighted by atomic mass is 9.87. The minimum Gasteiger partial charge on any atom is -0.393 e. The van der Waals surface area contributed by atoms with Crippen molar-refractivity contribution in [3.8, 4) is 0 Å². The van der Waals surface area contributed by atoms with Gasteiger partial charge in [-0.2, -0.15) is 0 Å². The van der Waals surface area contributed by atoms with Crippen LogP contribution < -0.4 is 0 Å². The second kappa shape index (κ2) is 7.80. The predicted octanol–water partition coefficient (Wildman–Crippen LogP) is 2.15. The van der Waals surface area contributed by atoms with Crippen LogP contribution in [0.1, 0.15) is 53.4 Å². The third-order valence-electron chi connectivity index (χ3n) is 3.17. The van der Waals surface area contributed by atoms with Crippen molar-refractivity contribution in [2.45, 2.75) is 65.6 Å². The Morgan fingerprint density at radius 2 is 1.25 bits per heavy atom. The van der Waals surface area contributed by atoms with Crippen molar-refractivity contribution >= 4 is 5.78 Å². The van der Waals surface area contributed by atoms with E-state index in [2.05, 4.69) is 0 Å². The summed E-state index contributed by atoms with van der Waals surface area (Å²) in [6.45, 7) is 7.53. The molecular weight excluding hydrogens is 204 g/mol. The second-order valence-electron chi connectivity index (χ2n) is 4.80. The summed E-state index contributed by atoms with van der Waals surface area (Å²) in [4.78, 5) is 11.9. The van der Waals surface area contributed by atoms with Crippen molar-refractivity contribution in [2.75, 3.05) is 0 Å². The van der Waals surface area contributed by atoms with E-state index in [0.717, 1.165) is 0 Å². The first-order valence-electron chi connectivity index (χ1n) is 6.32. The highest BCUT2D eigenvalue weighted by atomic mass is 16.3. The van der Waals surface area contributed by atoms with Crippen LogP contribution >= 0.6 is 0 Å². The summed E-state index contributed by atoms with van der Waals surface area (Å²) in [7, 11) is 0. The van der Waals surface area contributed by atoms with Gasteiger partial charge < -0.3 is 10.2 Å². The zero-order valence-corrected chi connectivity index (χ0v) is 10.9. The van der Waals surface area contributed by atoms with Crippen molar-refractivity contribution < 1.29 is 15.0 Å².